The number of Topliss-reactive ketones (excluding diaryl/α,β-unsaturated/α-hetero) is 1. The van der Waals surface area contributed by atoms with Crippen LogP contribution in [0.5, 0.6) is 0 Å². The third-order valence-electron chi connectivity index (χ3n) is 3.57. The summed E-state index contributed by atoms with van der Waals surface area (Å²) in [5, 5.41) is 8.82. The largest absolute Gasteiger partial charge is 0.298 e. The van der Waals surface area contributed by atoms with Gasteiger partial charge in [0, 0.05) is 23.7 Å². The minimum Gasteiger partial charge on any atom is -0.295 e. The molecular formula is C17H16N4O2S. The van der Waals surface area contributed by atoms with Crippen molar-refractivity contribution in [3.63, 3.8) is 0 Å². The molecule has 0 aliphatic heterocycles. The first kappa shape index (κ1) is 16.1. The Bertz CT molecular complexity index is 897. The maximum Gasteiger partial charge on any atom is 0.298 e. The molecule has 0 unspecified atom stereocenters. The summed E-state index contributed by atoms with van der Waals surface area (Å²) in [6, 6.07) is 7.87. The van der Waals surface area contributed by atoms with Crippen molar-refractivity contribution in [1.29, 1.82) is 0 Å². The number of amides is 1. The first-order chi connectivity index (χ1) is 11.6. The van der Waals surface area contributed by atoms with Crippen LogP contribution in [0.4, 0.5) is 5.13 Å². The molecule has 122 valence electrons. The first-order valence-electron chi connectivity index (χ1n) is 7.48. The summed E-state index contributed by atoms with van der Waals surface area (Å²) >= 11 is 1.29. The molecule has 3 aromatic rings. The number of aromatic nitrogens is 3. The fourth-order valence-electron chi connectivity index (χ4n) is 2.25. The van der Waals surface area contributed by atoms with E-state index >= 15 is 0 Å². The van der Waals surface area contributed by atoms with Gasteiger partial charge in [-0.15, -0.1) is 11.3 Å². The van der Waals surface area contributed by atoms with E-state index in [-0.39, 0.29) is 5.56 Å². The van der Waals surface area contributed by atoms with Gasteiger partial charge in [-0.3, -0.25) is 19.6 Å². The van der Waals surface area contributed by atoms with Gasteiger partial charge in [-0.2, -0.15) is 5.10 Å². The molecule has 7 heteroatoms. The summed E-state index contributed by atoms with van der Waals surface area (Å²) in [4.78, 5) is 28.6. The van der Waals surface area contributed by atoms with E-state index in [0.29, 0.717) is 11.7 Å². The highest BCUT2D eigenvalue weighted by Gasteiger charge is 2.19. The topological polar surface area (TPSA) is 76.9 Å². The van der Waals surface area contributed by atoms with Crippen molar-refractivity contribution in [2.24, 2.45) is 0 Å². The van der Waals surface area contributed by atoms with Gasteiger partial charge in [0.2, 0.25) is 0 Å². The van der Waals surface area contributed by atoms with Gasteiger partial charge >= 0.3 is 0 Å². The van der Waals surface area contributed by atoms with E-state index in [0.717, 1.165) is 16.8 Å². The average molecular weight is 340 g/mol. The van der Waals surface area contributed by atoms with Crippen LogP contribution in [0.2, 0.25) is 0 Å². The summed E-state index contributed by atoms with van der Waals surface area (Å²) < 4.78 is 1.60. The summed E-state index contributed by atoms with van der Waals surface area (Å²) in [7, 11) is 0. The molecule has 1 N–H and O–H groups in total. The number of ketones is 1. The van der Waals surface area contributed by atoms with E-state index in [1.807, 2.05) is 43.5 Å². The fraction of sp³-hybridized carbons (Fsp3) is 0.176. The molecule has 2 heterocycles. The Labute approximate surface area is 143 Å². The Morgan fingerprint density at radius 3 is 2.79 bits per heavy atom. The summed E-state index contributed by atoms with van der Waals surface area (Å²) in [5.41, 5.74) is 3.15. The predicted molar refractivity (Wildman–Crippen MR) is 93.1 cm³/mol. The van der Waals surface area contributed by atoms with E-state index in [2.05, 4.69) is 15.4 Å². The number of thiazole rings is 1. The number of rotatable bonds is 5. The molecule has 0 saturated carbocycles. The molecule has 3 rings (SSSR count). The Hall–Kier alpha value is -2.80. The lowest BCUT2D eigenvalue weighted by Crippen LogP contribution is -2.22. The van der Waals surface area contributed by atoms with Crippen molar-refractivity contribution >= 4 is 28.2 Å². The van der Waals surface area contributed by atoms with Crippen molar-refractivity contribution in [3.8, 4) is 11.3 Å². The maximum atomic E-state index is 12.1. The highest BCUT2D eigenvalue weighted by atomic mass is 32.1. The van der Waals surface area contributed by atoms with E-state index in [1.54, 1.807) is 10.9 Å². The smallest absolute Gasteiger partial charge is 0.295 e. The van der Waals surface area contributed by atoms with Crippen molar-refractivity contribution in [2.45, 2.75) is 20.4 Å². The van der Waals surface area contributed by atoms with Crippen LogP contribution in [0.1, 0.15) is 22.8 Å². The van der Waals surface area contributed by atoms with Gasteiger partial charge in [-0.1, -0.05) is 24.3 Å². The third kappa shape index (κ3) is 3.26. The summed E-state index contributed by atoms with van der Waals surface area (Å²) in [5.74, 6) is -1.33. The quantitative estimate of drug-likeness (QED) is 0.572. The SMILES string of the molecule is CCn1cc(C(=O)C(=O)Nc2nc(-c3ccccc3C)cs2)cn1. The number of anilines is 1. The second-order valence-corrected chi connectivity index (χ2v) is 6.08. The highest BCUT2D eigenvalue weighted by molar-refractivity contribution is 7.14. The Kier molecular flexibility index (Phi) is 4.52. The zero-order valence-electron chi connectivity index (χ0n) is 13.3. The standard InChI is InChI=1S/C17H16N4O2S/c1-3-21-9-12(8-18-21)15(22)16(23)20-17-19-14(10-24-17)13-7-5-4-6-11(13)2/h4-10H,3H2,1-2H3,(H,19,20,23). The minimum atomic E-state index is -0.712. The molecule has 0 bridgehead atoms. The zero-order valence-corrected chi connectivity index (χ0v) is 14.1. The number of carbonyl (C=O) groups is 2. The van der Waals surface area contributed by atoms with Gasteiger partial charge in [-0.05, 0) is 19.4 Å². The molecule has 6 nitrogen and oxygen atoms in total. The van der Waals surface area contributed by atoms with Crippen molar-refractivity contribution in [2.75, 3.05) is 5.32 Å². The van der Waals surface area contributed by atoms with Crippen LogP contribution < -0.4 is 5.32 Å². The number of aryl methyl sites for hydroxylation is 2. The molecular weight excluding hydrogens is 324 g/mol. The van der Waals surface area contributed by atoms with Gasteiger partial charge in [0.25, 0.3) is 11.7 Å². The average Bonchev–Trinajstić information content (AvgIpc) is 3.23. The number of nitrogens with one attached hydrogen (secondary N) is 1. The number of hydrogen-bond acceptors (Lipinski definition) is 5. The van der Waals surface area contributed by atoms with Gasteiger partial charge in [0.05, 0.1) is 17.5 Å². The van der Waals surface area contributed by atoms with Gasteiger partial charge in [-0.25, -0.2) is 4.98 Å². The molecule has 2 aromatic heterocycles. The summed E-state index contributed by atoms with van der Waals surface area (Å²) in [6.45, 7) is 4.55. The number of carbonyl (C=O) groups excluding carboxylic acids is 2. The molecule has 0 atom stereocenters. The fourth-order valence-corrected chi connectivity index (χ4v) is 2.96. The molecule has 0 spiro atoms. The second-order valence-electron chi connectivity index (χ2n) is 5.22. The zero-order chi connectivity index (χ0) is 17.1. The van der Waals surface area contributed by atoms with Crippen LogP contribution in [0.25, 0.3) is 11.3 Å². The maximum absolute atomic E-state index is 12.1. The first-order valence-corrected chi connectivity index (χ1v) is 8.36. The van der Waals surface area contributed by atoms with Crippen molar-refractivity contribution < 1.29 is 9.59 Å². The van der Waals surface area contributed by atoms with Crippen molar-refractivity contribution in [3.05, 3.63) is 53.2 Å². The molecule has 0 saturated heterocycles. The van der Waals surface area contributed by atoms with E-state index < -0.39 is 11.7 Å². The highest BCUT2D eigenvalue weighted by Crippen LogP contribution is 2.27. The lowest BCUT2D eigenvalue weighted by atomic mass is 10.1. The monoisotopic (exact) mass is 340 g/mol. The Balaban J connectivity index is 1.73. The van der Waals surface area contributed by atoms with E-state index in [4.69, 9.17) is 0 Å². The van der Waals surface area contributed by atoms with Gasteiger partial charge in [0.15, 0.2) is 5.13 Å². The van der Waals surface area contributed by atoms with Gasteiger partial charge < -0.3 is 0 Å². The van der Waals surface area contributed by atoms with Crippen LogP contribution in [0.3, 0.4) is 0 Å². The number of hydrogen-bond donors (Lipinski definition) is 1. The molecule has 0 radical (unpaired) electrons. The van der Waals surface area contributed by atoms with Crippen LogP contribution in [-0.4, -0.2) is 26.5 Å². The Morgan fingerprint density at radius 1 is 1.29 bits per heavy atom. The lowest BCUT2D eigenvalue weighted by molar-refractivity contribution is -0.112. The van der Waals surface area contributed by atoms with Crippen LogP contribution in [0, 0.1) is 6.92 Å². The molecule has 24 heavy (non-hydrogen) atoms. The molecule has 1 amide bonds. The van der Waals surface area contributed by atoms with E-state index in [9.17, 15) is 9.59 Å². The summed E-state index contributed by atoms with van der Waals surface area (Å²) in [6.07, 6.45) is 2.95. The third-order valence-corrected chi connectivity index (χ3v) is 4.33. The van der Waals surface area contributed by atoms with Crippen LogP contribution in [0.15, 0.2) is 42.0 Å². The van der Waals surface area contributed by atoms with Crippen LogP contribution >= 0.6 is 11.3 Å². The van der Waals surface area contributed by atoms with Crippen molar-refractivity contribution in [1.82, 2.24) is 14.8 Å². The number of nitrogens with zero attached hydrogens (tertiary/aromatic N) is 3. The minimum absolute atomic E-state index is 0.269. The van der Waals surface area contributed by atoms with Gasteiger partial charge in [0.1, 0.15) is 0 Å². The number of benzene rings is 1. The molecule has 0 fully saturated rings. The molecule has 0 aliphatic carbocycles. The molecule has 0 aliphatic rings. The Morgan fingerprint density at radius 2 is 2.08 bits per heavy atom. The normalized spacial score (nSPS) is 10.6. The van der Waals surface area contributed by atoms with Crippen LogP contribution in [-0.2, 0) is 11.3 Å². The molecule has 1 aromatic carbocycles. The predicted octanol–water partition coefficient (Wildman–Crippen LogP) is 3.16. The van der Waals surface area contributed by atoms with E-state index in [1.165, 1.54) is 17.5 Å². The lowest BCUT2D eigenvalue weighted by Gasteiger charge is -2.01. The second kappa shape index (κ2) is 6.76.